The van der Waals surface area contributed by atoms with E-state index in [0.717, 1.165) is 33.2 Å². The van der Waals surface area contributed by atoms with Crippen molar-refractivity contribution in [2.75, 3.05) is 0 Å². The summed E-state index contributed by atoms with van der Waals surface area (Å²) in [4.78, 5) is 8.75. The second-order valence-electron chi connectivity index (χ2n) is 12.2. The van der Waals surface area contributed by atoms with E-state index in [0.29, 0.717) is 44.3 Å². The van der Waals surface area contributed by atoms with Crippen LogP contribution in [0.4, 0.5) is 0 Å². The zero-order valence-electron chi connectivity index (χ0n) is 34.8. The van der Waals surface area contributed by atoms with Gasteiger partial charge in [-0.15, -0.1) is 42.0 Å². The molecule has 9 rings (SSSR count). The van der Waals surface area contributed by atoms with E-state index in [-0.39, 0.29) is 31.2 Å². The van der Waals surface area contributed by atoms with Crippen molar-refractivity contribution in [3.05, 3.63) is 168 Å². The standard InChI is InChI=1S/C29H26NO.C17H10NO.Ir/c1-19(2)14-24-17-26(30-18-20(24)3)22-12-13-27-25(16-22)29-23(10-7-11-28(29)31-27)15-21-8-5-4-6-9-21;1-2-10-16-12(6-1)13-7-5-8-14(17(13)19-16)15-9-3-4-11-18-15;/h4-11,13,16-19H,14-15H2,1-3H3;1-7,9-11H;/q2*-1;/i3D3,14D2,15D2;;. The Bertz CT molecular complexity index is 2890. The summed E-state index contributed by atoms with van der Waals surface area (Å²) in [6, 6.07) is 43.4. The Kier molecular flexibility index (Phi) is 7.71. The smallest absolute Gasteiger partial charge is 0.121 e. The summed E-state index contributed by atoms with van der Waals surface area (Å²) in [5, 5.41) is 3.53. The van der Waals surface area contributed by atoms with Crippen LogP contribution in [0.3, 0.4) is 0 Å². The Hall–Kier alpha value is -5.35. The number of pyridine rings is 2. The van der Waals surface area contributed by atoms with Crippen LogP contribution in [0.1, 0.15) is 45.7 Å². The maximum atomic E-state index is 8.95. The fraction of sp³-hybridized carbons (Fsp3) is 0.130. The first kappa shape index (κ1) is 26.5. The number of benzene rings is 5. The first-order valence-corrected chi connectivity index (χ1v) is 16.4. The SMILES string of the molecule is [2H]C([2H])([2H])c1cnc(-c2[c-]cc3oc4cccc(C([2H])([2H])c5ccccc5)c4c3c2)cc1C([2H])([2H])C(C)C.[Ir].[c-]1ccc2c(oc3ccccc32)c1-c1ccccn1. The van der Waals surface area contributed by atoms with Crippen molar-refractivity contribution in [1.29, 1.82) is 0 Å². The molecule has 51 heavy (non-hydrogen) atoms. The van der Waals surface area contributed by atoms with Crippen molar-refractivity contribution < 1.29 is 38.5 Å². The maximum absolute atomic E-state index is 8.95. The molecule has 0 aliphatic carbocycles. The molecular formula is C46H36IrN2O2-2. The molecule has 5 aromatic carbocycles. The Morgan fingerprint density at radius 2 is 1.55 bits per heavy atom. The van der Waals surface area contributed by atoms with Crippen molar-refractivity contribution in [3.63, 3.8) is 0 Å². The predicted octanol–water partition coefficient (Wildman–Crippen LogP) is 12.0. The summed E-state index contributed by atoms with van der Waals surface area (Å²) in [5.74, 6) is -0.467. The molecule has 0 amide bonds. The Balaban J connectivity index is 0.000000213. The monoisotopic (exact) mass is 848 g/mol. The number of fused-ring (bicyclic) bond motifs is 6. The summed E-state index contributed by atoms with van der Waals surface area (Å²) in [6.07, 6.45) is -0.683. The van der Waals surface area contributed by atoms with Crippen LogP contribution in [0.15, 0.2) is 143 Å². The first-order chi connectivity index (χ1) is 27.2. The van der Waals surface area contributed by atoms with Crippen molar-refractivity contribution in [2.45, 2.75) is 33.4 Å². The van der Waals surface area contributed by atoms with Gasteiger partial charge in [0.1, 0.15) is 11.2 Å². The molecule has 0 fully saturated rings. The van der Waals surface area contributed by atoms with Crippen LogP contribution in [0.2, 0.25) is 0 Å². The van der Waals surface area contributed by atoms with E-state index in [4.69, 9.17) is 18.4 Å². The largest absolute Gasteiger partial charge is 0.501 e. The topological polar surface area (TPSA) is 52.1 Å². The number of furan rings is 2. The van der Waals surface area contributed by atoms with Gasteiger partial charge in [0.05, 0.1) is 11.2 Å². The Morgan fingerprint density at radius 1 is 0.725 bits per heavy atom. The number of aromatic nitrogens is 2. The van der Waals surface area contributed by atoms with Gasteiger partial charge in [0.25, 0.3) is 0 Å². The number of aryl methyl sites for hydroxylation is 1. The fourth-order valence-corrected chi connectivity index (χ4v) is 6.12. The average Bonchev–Trinajstić information content (AvgIpc) is 3.79. The molecule has 0 saturated heterocycles. The molecule has 0 atom stereocenters. The molecule has 0 N–H and O–H groups in total. The number of hydrogen-bond donors (Lipinski definition) is 0. The van der Waals surface area contributed by atoms with Crippen LogP contribution < -0.4 is 0 Å². The van der Waals surface area contributed by atoms with Crippen molar-refractivity contribution in [2.24, 2.45) is 5.92 Å². The van der Waals surface area contributed by atoms with E-state index in [1.165, 1.54) is 12.3 Å². The molecule has 0 unspecified atom stereocenters. The minimum atomic E-state index is -2.52. The molecule has 4 nitrogen and oxygen atoms in total. The third kappa shape index (κ3) is 7.01. The van der Waals surface area contributed by atoms with Crippen LogP contribution >= 0.6 is 0 Å². The second kappa shape index (κ2) is 14.9. The molecule has 1 radical (unpaired) electrons. The molecule has 0 saturated carbocycles. The fourth-order valence-electron chi connectivity index (χ4n) is 6.12. The minimum Gasteiger partial charge on any atom is -0.501 e. The summed E-state index contributed by atoms with van der Waals surface area (Å²) in [5.41, 5.74) is 6.43. The summed E-state index contributed by atoms with van der Waals surface area (Å²) >= 11 is 0. The number of nitrogens with zero attached hydrogens (tertiary/aromatic N) is 2. The second-order valence-corrected chi connectivity index (χ2v) is 12.2. The zero-order valence-corrected chi connectivity index (χ0v) is 30.2. The van der Waals surface area contributed by atoms with Gasteiger partial charge >= 0.3 is 0 Å². The van der Waals surface area contributed by atoms with Gasteiger partial charge in [-0.05, 0) is 71.8 Å². The molecule has 5 heteroatoms. The van der Waals surface area contributed by atoms with Gasteiger partial charge in [-0.2, -0.15) is 0 Å². The molecule has 0 bridgehead atoms. The first-order valence-electron chi connectivity index (χ1n) is 19.9. The quantitative estimate of drug-likeness (QED) is 0.156. The molecule has 4 aromatic heterocycles. The normalized spacial score (nSPS) is 14.1. The van der Waals surface area contributed by atoms with Crippen LogP contribution in [0.25, 0.3) is 66.4 Å². The zero-order chi connectivity index (χ0) is 40.1. The maximum Gasteiger partial charge on any atom is 0.121 e. The van der Waals surface area contributed by atoms with Gasteiger partial charge < -0.3 is 18.8 Å². The summed E-state index contributed by atoms with van der Waals surface area (Å²) in [6.45, 7) is 0.901. The van der Waals surface area contributed by atoms with Crippen LogP contribution in [0, 0.1) is 24.9 Å². The van der Waals surface area contributed by atoms with Crippen molar-refractivity contribution >= 4 is 43.9 Å². The summed E-state index contributed by atoms with van der Waals surface area (Å²) < 4.78 is 70.9. The van der Waals surface area contributed by atoms with Crippen LogP contribution in [-0.4, -0.2) is 9.97 Å². The molecule has 253 valence electrons. The number of para-hydroxylation sites is 1. The van der Waals surface area contributed by atoms with E-state index < -0.39 is 25.5 Å². The van der Waals surface area contributed by atoms with Crippen LogP contribution in [-0.2, 0) is 32.9 Å². The van der Waals surface area contributed by atoms with Crippen molar-refractivity contribution in [3.8, 4) is 22.5 Å². The molecule has 0 aliphatic rings. The van der Waals surface area contributed by atoms with E-state index in [1.807, 2.05) is 54.6 Å². The van der Waals surface area contributed by atoms with E-state index in [9.17, 15) is 0 Å². The van der Waals surface area contributed by atoms with Gasteiger partial charge in [0.2, 0.25) is 0 Å². The molecular weight excluding hydrogens is 805 g/mol. The van der Waals surface area contributed by atoms with E-state index in [2.05, 4.69) is 28.2 Å². The minimum absolute atomic E-state index is 0. The van der Waals surface area contributed by atoms with Gasteiger partial charge in [-0.1, -0.05) is 115 Å². The number of rotatable bonds is 6. The van der Waals surface area contributed by atoms with E-state index >= 15 is 0 Å². The Morgan fingerprint density at radius 3 is 2.37 bits per heavy atom. The van der Waals surface area contributed by atoms with E-state index in [1.54, 1.807) is 74.6 Å². The summed E-state index contributed by atoms with van der Waals surface area (Å²) in [7, 11) is 0. The Labute approximate surface area is 321 Å². The van der Waals surface area contributed by atoms with Crippen LogP contribution in [0.5, 0.6) is 0 Å². The average molecular weight is 848 g/mol. The van der Waals surface area contributed by atoms with Gasteiger partial charge in [-0.3, -0.25) is 0 Å². The third-order valence-corrected chi connectivity index (χ3v) is 8.36. The molecule has 4 heterocycles. The van der Waals surface area contributed by atoms with Gasteiger partial charge in [-0.25, -0.2) is 0 Å². The van der Waals surface area contributed by atoms with Gasteiger partial charge in [0, 0.05) is 52.9 Å². The molecule has 0 aliphatic heterocycles. The number of hydrogen-bond acceptors (Lipinski definition) is 4. The predicted molar refractivity (Wildman–Crippen MR) is 204 cm³/mol. The molecule has 9 aromatic rings. The van der Waals surface area contributed by atoms with Gasteiger partial charge in [0.15, 0.2) is 0 Å². The van der Waals surface area contributed by atoms with Crippen molar-refractivity contribution in [1.82, 2.24) is 9.97 Å². The molecule has 0 spiro atoms. The third-order valence-electron chi connectivity index (χ3n) is 8.36.